The maximum Gasteiger partial charge on any atom is 0.387 e. The lowest BCUT2D eigenvalue weighted by Crippen LogP contribution is -2.21. The van der Waals surface area contributed by atoms with E-state index in [9.17, 15) is 18.4 Å². The normalized spacial score (nSPS) is 10.8. The summed E-state index contributed by atoms with van der Waals surface area (Å²) in [6.07, 6.45) is 0. The fraction of sp³-hybridized carbons (Fsp3) is 0.167. The van der Waals surface area contributed by atoms with Crippen molar-refractivity contribution in [3.8, 4) is 5.75 Å². The highest BCUT2D eigenvalue weighted by atomic mass is 32.2. The van der Waals surface area contributed by atoms with Gasteiger partial charge >= 0.3 is 12.6 Å². The molecule has 0 aliphatic rings. The molecule has 0 bridgehead atoms. The first-order valence-electron chi connectivity index (χ1n) is 7.98. The molecule has 2 aromatic carbocycles. The second-order valence-electron chi connectivity index (χ2n) is 5.35. The predicted molar refractivity (Wildman–Crippen MR) is 97.4 cm³/mol. The number of benzene rings is 2. The van der Waals surface area contributed by atoms with Gasteiger partial charge in [-0.25, -0.2) is 4.98 Å². The van der Waals surface area contributed by atoms with Crippen LogP contribution in [0, 0.1) is 0 Å². The van der Waals surface area contributed by atoms with Crippen LogP contribution in [0.4, 0.5) is 14.5 Å². The van der Waals surface area contributed by atoms with Crippen LogP contribution in [-0.2, 0) is 14.3 Å². The zero-order chi connectivity index (χ0) is 19.9. The number of carbonyl (C=O) groups is 2. The Bertz CT molecular complexity index is 929. The lowest BCUT2D eigenvalue weighted by Gasteiger charge is -2.08. The molecule has 1 heterocycles. The Balaban J connectivity index is 1.40. The number of thioether (sulfide) groups is 1. The van der Waals surface area contributed by atoms with E-state index in [2.05, 4.69) is 15.0 Å². The average Bonchev–Trinajstić information content (AvgIpc) is 3.09. The lowest BCUT2D eigenvalue weighted by atomic mass is 10.3. The van der Waals surface area contributed by atoms with Crippen molar-refractivity contribution in [3.63, 3.8) is 0 Å². The third kappa shape index (κ3) is 5.68. The van der Waals surface area contributed by atoms with Crippen molar-refractivity contribution in [1.29, 1.82) is 0 Å². The highest BCUT2D eigenvalue weighted by Crippen LogP contribution is 2.23. The first kappa shape index (κ1) is 19.6. The predicted octanol–water partition coefficient (Wildman–Crippen LogP) is 3.70. The summed E-state index contributed by atoms with van der Waals surface area (Å²) in [5.74, 6) is -1.28. The number of oxazole rings is 1. The molecular weight excluding hydrogens is 394 g/mol. The van der Waals surface area contributed by atoms with Crippen molar-refractivity contribution >= 4 is 40.4 Å². The van der Waals surface area contributed by atoms with Crippen molar-refractivity contribution in [3.05, 3.63) is 48.5 Å². The van der Waals surface area contributed by atoms with Crippen LogP contribution < -0.4 is 10.1 Å². The van der Waals surface area contributed by atoms with E-state index in [0.717, 1.165) is 11.8 Å². The number of hydrogen-bond acceptors (Lipinski definition) is 7. The smallest absolute Gasteiger partial charge is 0.387 e. The number of hydrogen-bond donors (Lipinski definition) is 1. The summed E-state index contributed by atoms with van der Waals surface area (Å²) in [5.41, 5.74) is 1.65. The highest BCUT2D eigenvalue weighted by Gasteiger charge is 2.12. The van der Waals surface area contributed by atoms with Gasteiger partial charge in [0.05, 0.1) is 0 Å². The van der Waals surface area contributed by atoms with Crippen LogP contribution in [0.2, 0.25) is 0 Å². The van der Waals surface area contributed by atoms with E-state index in [1.165, 1.54) is 24.3 Å². The standard InChI is InChI=1S/C18H14F2N2O5S/c19-17(20)26-12-7-5-11(6-8-12)21-15(23)9-25-16(24)10-28-18-22-13-3-1-2-4-14(13)27-18/h1-8,17H,9-10H2,(H,21,23). The summed E-state index contributed by atoms with van der Waals surface area (Å²) in [6.45, 7) is -3.41. The summed E-state index contributed by atoms with van der Waals surface area (Å²) >= 11 is 1.06. The number of rotatable bonds is 8. The third-order valence-corrected chi connectivity index (χ3v) is 4.12. The van der Waals surface area contributed by atoms with Crippen molar-refractivity contribution < 1.29 is 32.3 Å². The van der Waals surface area contributed by atoms with Gasteiger partial charge in [-0.2, -0.15) is 8.78 Å². The summed E-state index contributed by atoms with van der Waals surface area (Å²) in [7, 11) is 0. The Hall–Kier alpha value is -3.14. The number of aromatic nitrogens is 1. The van der Waals surface area contributed by atoms with Crippen molar-refractivity contribution in [1.82, 2.24) is 4.98 Å². The Morgan fingerprint density at radius 1 is 1.14 bits per heavy atom. The molecule has 3 aromatic rings. The van der Waals surface area contributed by atoms with Gasteiger partial charge in [0.25, 0.3) is 11.1 Å². The number of alkyl halides is 2. The quantitative estimate of drug-likeness (QED) is 0.449. The number of halogens is 2. The first-order chi connectivity index (χ1) is 13.5. The molecule has 0 saturated carbocycles. The van der Waals surface area contributed by atoms with Gasteiger partial charge < -0.3 is 19.2 Å². The van der Waals surface area contributed by atoms with E-state index in [-0.39, 0.29) is 11.5 Å². The summed E-state index contributed by atoms with van der Waals surface area (Å²) < 4.78 is 38.7. The number of carbonyl (C=O) groups excluding carboxylic acids is 2. The van der Waals surface area contributed by atoms with Crippen LogP contribution in [0.1, 0.15) is 0 Å². The van der Waals surface area contributed by atoms with Crippen LogP contribution in [-0.4, -0.2) is 35.8 Å². The number of esters is 1. The second-order valence-corrected chi connectivity index (χ2v) is 6.27. The molecule has 0 aliphatic carbocycles. The fourth-order valence-corrected chi connectivity index (χ4v) is 2.77. The van der Waals surface area contributed by atoms with Crippen LogP contribution in [0.5, 0.6) is 5.75 Å². The van der Waals surface area contributed by atoms with Gasteiger partial charge in [0.15, 0.2) is 12.2 Å². The lowest BCUT2D eigenvalue weighted by molar-refractivity contribution is -0.144. The molecular formula is C18H14F2N2O5S. The largest absolute Gasteiger partial charge is 0.455 e. The fourth-order valence-electron chi connectivity index (χ4n) is 2.14. The molecule has 1 aromatic heterocycles. The minimum atomic E-state index is -2.92. The highest BCUT2D eigenvalue weighted by molar-refractivity contribution is 7.99. The molecule has 3 rings (SSSR count). The van der Waals surface area contributed by atoms with E-state index >= 15 is 0 Å². The van der Waals surface area contributed by atoms with Gasteiger partial charge in [-0.15, -0.1) is 0 Å². The molecule has 10 heteroatoms. The molecule has 1 N–H and O–H groups in total. The SMILES string of the molecule is O=C(COC(=O)CSc1nc2ccccc2o1)Nc1ccc(OC(F)F)cc1. The van der Waals surface area contributed by atoms with Gasteiger partial charge in [-0.1, -0.05) is 23.9 Å². The molecule has 0 aliphatic heterocycles. The number of anilines is 1. The molecule has 0 spiro atoms. The van der Waals surface area contributed by atoms with Gasteiger partial charge in [-0.3, -0.25) is 9.59 Å². The Morgan fingerprint density at radius 2 is 1.89 bits per heavy atom. The van der Waals surface area contributed by atoms with E-state index < -0.39 is 25.1 Å². The van der Waals surface area contributed by atoms with Gasteiger partial charge in [0, 0.05) is 5.69 Å². The Labute approximate surface area is 162 Å². The zero-order valence-electron chi connectivity index (χ0n) is 14.3. The molecule has 7 nitrogen and oxygen atoms in total. The van der Waals surface area contributed by atoms with Crippen molar-refractivity contribution in [2.45, 2.75) is 11.8 Å². The number of amides is 1. The van der Waals surface area contributed by atoms with E-state index in [0.29, 0.717) is 22.0 Å². The van der Waals surface area contributed by atoms with Crippen molar-refractivity contribution in [2.75, 3.05) is 17.7 Å². The molecule has 0 atom stereocenters. The van der Waals surface area contributed by atoms with E-state index in [4.69, 9.17) is 9.15 Å². The molecule has 0 fully saturated rings. The summed E-state index contributed by atoms with van der Waals surface area (Å²) in [5, 5.41) is 2.80. The third-order valence-electron chi connectivity index (χ3n) is 3.32. The molecule has 0 radical (unpaired) electrons. The molecule has 1 amide bonds. The average molecular weight is 408 g/mol. The van der Waals surface area contributed by atoms with Crippen LogP contribution in [0.25, 0.3) is 11.1 Å². The number of nitrogens with one attached hydrogen (secondary N) is 1. The van der Waals surface area contributed by atoms with Gasteiger partial charge in [0.1, 0.15) is 17.0 Å². The molecule has 0 unspecified atom stereocenters. The van der Waals surface area contributed by atoms with Crippen molar-refractivity contribution in [2.24, 2.45) is 0 Å². The minimum absolute atomic E-state index is 0.0318. The molecule has 146 valence electrons. The zero-order valence-corrected chi connectivity index (χ0v) is 15.1. The van der Waals surface area contributed by atoms with Gasteiger partial charge in [-0.05, 0) is 36.4 Å². The van der Waals surface area contributed by atoms with Crippen LogP contribution in [0.15, 0.2) is 58.2 Å². The molecule has 28 heavy (non-hydrogen) atoms. The number of nitrogens with zero attached hydrogens (tertiary/aromatic N) is 1. The topological polar surface area (TPSA) is 90.7 Å². The number of fused-ring (bicyclic) bond motifs is 1. The number of para-hydroxylation sites is 2. The summed E-state index contributed by atoms with van der Waals surface area (Å²) in [4.78, 5) is 27.8. The monoisotopic (exact) mass is 408 g/mol. The van der Waals surface area contributed by atoms with E-state index in [1.54, 1.807) is 12.1 Å². The maximum atomic E-state index is 12.1. The second kappa shape index (κ2) is 9.18. The maximum absolute atomic E-state index is 12.1. The van der Waals surface area contributed by atoms with E-state index in [1.807, 2.05) is 12.1 Å². The minimum Gasteiger partial charge on any atom is -0.455 e. The van der Waals surface area contributed by atoms with Gasteiger partial charge in [0.2, 0.25) is 0 Å². The van der Waals surface area contributed by atoms with Crippen LogP contribution >= 0.6 is 11.8 Å². The Kier molecular flexibility index (Phi) is 6.43. The summed E-state index contributed by atoms with van der Waals surface area (Å²) in [6, 6.07) is 12.5. The number of ether oxygens (including phenoxy) is 2. The first-order valence-corrected chi connectivity index (χ1v) is 8.97. The molecule has 0 saturated heterocycles. The van der Waals surface area contributed by atoms with Crippen LogP contribution in [0.3, 0.4) is 0 Å². The Morgan fingerprint density at radius 3 is 2.61 bits per heavy atom.